The van der Waals surface area contributed by atoms with E-state index in [-0.39, 0.29) is 11.5 Å². The van der Waals surface area contributed by atoms with Crippen LogP contribution in [0.3, 0.4) is 0 Å². The summed E-state index contributed by atoms with van der Waals surface area (Å²) in [6.07, 6.45) is 0.654. The molecule has 0 aliphatic carbocycles. The topological polar surface area (TPSA) is 152 Å². The van der Waals surface area contributed by atoms with Gasteiger partial charge in [0.1, 0.15) is 11.4 Å². The molecule has 0 spiro atoms. The third kappa shape index (κ3) is 6.19. The van der Waals surface area contributed by atoms with Crippen molar-refractivity contribution in [2.24, 2.45) is 21.5 Å². The largest absolute Gasteiger partial charge is 0.494 e. The van der Waals surface area contributed by atoms with Crippen LogP contribution in [-0.4, -0.2) is 50.0 Å². The first-order chi connectivity index (χ1) is 15.5. The van der Waals surface area contributed by atoms with Crippen LogP contribution < -0.4 is 21.5 Å². The Labute approximate surface area is 191 Å². The molecular formula is C21H25FN6O4S. The fourth-order valence-electron chi connectivity index (χ4n) is 3.25. The Morgan fingerprint density at radius 3 is 2.52 bits per heavy atom. The molecule has 33 heavy (non-hydrogen) atoms. The molecule has 0 radical (unpaired) electrons. The van der Waals surface area contributed by atoms with Gasteiger partial charge in [-0.3, -0.25) is 4.79 Å². The maximum absolute atomic E-state index is 13.1. The van der Waals surface area contributed by atoms with Gasteiger partial charge in [-0.25, -0.2) is 4.99 Å². The predicted molar refractivity (Wildman–Crippen MR) is 123 cm³/mol. The van der Waals surface area contributed by atoms with Gasteiger partial charge in [0.15, 0.2) is 0 Å². The average Bonchev–Trinajstić information content (AvgIpc) is 2.72. The molecule has 0 aromatic heterocycles. The van der Waals surface area contributed by atoms with E-state index in [1.165, 1.54) is 12.1 Å². The van der Waals surface area contributed by atoms with Crippen LogP contribution in [0.4, 0.5) is 9.57 Å². The Morgan fingerprint density at radius 1 is 1.18 bits per heavy atom. The molecule has 2 aromatic rings. The second-order valence-corrected chi connectivity index (χ2v) is 9.08. The van der Waals surface area contributed by atoms with Gasteiger partial charge in [-0.15, -0.1) is 3.89 Å². The van der Waals surface area contributed by atoms with Crippen molar-refractivity contribution in [3.63, 3.8) is 0 Å². The summed E-state index contributed by atoms with van der Waals surface area (Å²) in [5.74, 6) is 0.487. The number of carbonyl (C=O) groups is 1. The molecule has 2 aromatic carbocycles. The van der Waals surface area contributed by atoms with Crippen molar-refractivity contribution in [3.8, 4) is 5.75 Å². The molecule has 0 atom stereocenters. The zero-order chi connectivity index (χ0) is 24.2. The lowest BCUT2D eigenvalue weighted by atomic mass is 10.2. The van der Waals surface area contributed by atoms with Gasteiger partial charge in [0.25, 0.3) is 5.91 Å². The van der Waals surface area contributed by atoms with Crippen molar-refractivity contribution in [2.75, 3.05) is 18.5 Å². The summed E-state index contributed by atoms with van der Waals surface area (Å²) in [5.41, 5.74) is 11.5. The number of halogens is 1. The number of hydrogen-bond donors (Lipinski definition) is 3. The predicted octanol–water partition coefficient (Wildman–Crippen LogP) is 2.05. The number of nitrogens with two attached hydrogens (primary N) is 2. The summed E-state index contributed by atoms with van der Waals surface area (Å²) in [4.78, 5) is 21.9. The van der Waals surface area contributed by atoms with Gasteiger partial charge in [-0.2, -0.15) is 13.4 Å². The third-order valence-electron chi connectivity index (χ3n) is 4.84. The first-order valence-corrected chi connectivity index (χ1v) is 11.4. The van der Waals surface area contributed by atoms with Crippen LogP contribution in [0.2, 0.25) is 0 Å². The van der Waals surface area contributed by atoms with E-state index in [4.69, 9.17) is 16.2 Å². The van der Waals surface area contributed by atoms with Crippen molar-refractivity contribution >= 4 is 33.7 Å². The number of hydrogen-bond acceptors (Lipinski definition) is 9. The molecule has 176 valence electrons. The zero-order valence-corrected chi connectivity index (χ0v) is 19.0. The smallest absolute Gasteiger partial charge is 0.332 e. The molecular weight excluding hydrogens is 451 g/mol. The third-order valence-corrected chi connectivity index (χ3v) is 5.66. The first kappa shape index (κ1) is 24.0. The number of carbonyl (C=O) groups excluding carboxylic acids is 1. The van der Waals surface area contributed by atoms with Crippen LogP contribution in [0.1, 0.15) is 30.6 Å². The molecule has 1 aliphatic rings. The van der Waals surface area contributed by atoms with Gasteiger partial charge >= 0.3 is 10.2 Å². The maximum Gasteiger partial charge on any atom is 0.332 e. The molecule has 5 N–H and O–H groups in total. The molecule has 1 heterocycles. The lowest BCUT2D eigenvalue weighted by molar-refractivity contribution is 0.102. The number of benzene rings is 2. The lowest BCUT2D eigenvalue weighted by Gasteiger charge is -2.38. The van der Waals surface area contributed by atoms with Crippen LogP contribution in [-0.2, 0) is 10.2 Å². The number of anilines is 1. The highest BCUT2D eigenvalue weighted by molar-refractivity contribution is 7.86. The number of ether oxygens (including phenoxy) is 1. The lowest BCUT2D eigenvalue weighted by Crippen LogP contribution is -2.54. The quantitative estimate of drug-likeness (QED) is 0.389. The van der Waals surface area contributed by atoms with Gasteiger partial charge in [0.2, 0.25) is 11.9 Å². The van der Waals surface area contributed by atoms with Crippen molar-refractivity contribution in [2.45, 2.75) is 30.8 Å². The molecule has 1 aliphatic heterocycles. The molecule has 1 amide bonds. The molecule has 10 nitrogen and oxygen atoms in total. The minimum atomic E-state index is -4.89. The van der Waals surface area contributed by atoms with E-state index < -0.39 is 26.7 Å². The number of nitrogens with one attached hydrogen (secondary N) is 1. The summed E-state index contributed by atoms with van der Waals surface area (Å²) >= 11 is 0. The van der Waals surface area contributed by atoms with Crippen LogP contribution in [0.5, 0.6) is 5.75 Å². The van der Waals surface area contributed by atoms with Crippen LogP contribution in [0.15, 0.2) is 63.4 Å². The van der Waals surface area contributed by atoms with E-state index >= 15 is 0 Å². The summed E-state index contributed by atoms with van der Waals surface area (Å²) in [6, 6.07) is 11.4. The second kappa shape index (κ2) is 9.45. The van der Waals surface area contributed by atoms with E-state index in [9.17, 15) is 17.1 Å². The van der Waals surface area contributed by atoms with Crippen molar-refractivity contribution < 1.29 is 21.8 Å². The number of amides is 1. The number of aliphatic imine (C=N–C) groups is 2. The van der Waals surface area contributed by atoms with Gasteiger partial charge in [0.05, 0.1) is 11.5 Å². The summed E-state index contributed by atoms with van der Waals surface area (Å²) in [5, 5.41) is 2.62. The highest BCUT2D eigenvalue weighted by Gasteiger charge is 2.31. The Bertz CT molecular complexity index is 1200. The fourth-order valence-corrected chi connectivity index (χ4v) is 3.76. The van der Waals surface area contributed by atoms with E-state index in [0.29, 0.717) is 37.0 Å². The molecule has 0 fully saturated rings. The maximum atomic E-state index is 13.1. The SMILES string of the molecule is CC1(C)N=C(N)N=C(N)N1CCCOc1ccc(NC(=O)c2cccc(S(=O)(=O)F)c2)cc1. The first-order valence-electron chi connectivity index (χ1n) is 10.0. The monoisotopic (exact) mass is 476 g/mol. The van der Waals surface area contributed by atoms with E-state index in [1.54, 1.807) is 24.3 Å². The minimum absolute atomic E-state index is 0.0172. The molecule has 3 rings (SSSR count). The van der Waals surface area contributed by atoms with Crippen molar-refractivity contribution in [1.82, 2.24) is 4.90 Å². The normalized spacial score (nSPS) is 15.4. The summed E-state index contributed by atoms with van der Waals surface area (Å²) in [7, 11) is -4.89. The van der Waals surface area contributed by atoms with Crippen LogP contribution in [0, 0.1) is 0 Å². The van der Waals surface area contributed by atoms with Crippen molar-refractivity contribution in [1.29, 1.82) is 0 Å². The van der Waals surface area contributed by atoms with Gasteiger partial charge in [-0.05, 0) is 62.7 Å². The Morgan fingerprint density at radius 2 is 1.88 bits per heavy atom. The van der Waals surface area contributed by atoms with Crippen LogP contribution >= 0.6 is 0 Å². The highest BCUT2D eigenvalue weighted by atomic mass is 32.3. The Kier molecular flexibility index (Phi) is 6.86. The molecule has 0 saturated carbocycles. The van der Waals surface area contributed by atoms with E-state index in [2.05, 4.69) is 15.3 Å². The zero-order valence-electron chi connectivity index (χ0n) is 18.2. The van der Waals surface area contributed by atoms with Crippen molar-refractivity contribution in [3.05, 3.63) is 54.1 Å². The molecule has 0 bridgehead atoms. The van der Waals surface area contributed by atoms with Crippen LogP contribution in [0.25, 0.3) is 0 Å². The highest BCUT2D eigenvalue weighted by Crippen LogP contribution is 2.21. The Balaban J connectivity index is 1.51. The molecule has 0 saturated heterocycles. The van der Waals surface area contributed by atoms with E-state index in [1.807, 2.05) is 18.7 Å². The number of rotatable bonds is 8. The number of nitrogens with zero attached hydrogens (tertiary/aromatic N) is 3. The molecule has 0 unspecified atom stereocenters. The van der Waals surface area contributed by atoms with Gasteiger partial charge < -0.3 is 26.4 Å². The van der Waals surface area contributed by atoms with E-state index in [0.717, 1.165) is 12.1 Å². The average molecular weight is 477 g/mol. The van der Waals surface area contributed by atoms with Gasteiger partial charge in [-0.1, -0.05) is 6.07 Å². The minimum Gasteiger partial charge on any atom is -0.494 e. The Hall–Kier alpha value is -3.67. The summed E-state index contributed by atoms with van der Waals surface area (Å²) in [6.45, 7) is 4.76. The second-order valence-electron chi connectivity index (χ2n) is 7.73. The molecule has 12 heteroatoms. The summed E-state index contributed by atoms with van der Waals surface area (Å²) < 4.78 is 40.9. The number of guanidine groups is 2. The van der Waals surface area contributed by atoms with Gasteiger partial charge in [0, 0.05) is 17.8 Å². The standard InChI is InChI=1S/C21H25FN6O4S/c1-21(2)27-19(23)26-20(24)28(21)11-4-12-32-16-9-7-15(8-10-16)25-18(29)14-5-3-6-17(13-14)33(22,30)31/h3,5-10,13H,4,11-12H2,1-2H3,(H,25,29)(H4,23,24,26,27). The fraction of sp³-hybridized carbons (Fsp3) is 0.286.